The quantitative estimate of drug-likeness (QED) is 0.820. The molecule has 7 heteroatoms. The largest absolute Gasteiger partial charge is 0.347 e. The van der Waals surface area contributed by atoms with Crippen LogP contribution in [0.3, 0.4) is 0 Å². The van der Waals surface area contributed by atoms with Crippen LogP contribution in [0, 0.1) is 0 Å². The average molecular weight is 391 g/mol. The van der Waals surface area contributed by atoms with Gasteiger partial charge in [0.25, 0.3) is 0 Å². The summed E-state index contributed by atoms with van der Waals surface area (Å²) in [6.07, 6.45) is 0.343. The van der Waals surface area contributed by atoms with E-state index in [-0.39, 0.29) is 24.4 Å². The summed E-state index contributed by atoms with van der Waals surface area (Å²) >= 11 is 4.96. The van der Waals surface area contributed by atoms with Gasteiger partial charge >= 0.3 is 0 Å². The number of benzene rings is 1. The number of thiazole rings is 1. The van der Waals surface area contributed by atoms with Gasteiger partial charge in [0.05, 0.1) is 11.7 Å². The molecule has 4 nitrogen and oxygen atoms in total. The fraction of sp³-hybridized carbons (Fsp3) is 0.286. The number of nitrogens with two attached hydrogens (primary N) is 1. The Balaban J connectivity index is 0.00000220. The third-order valence-electron chi connectivity index (χ3n) is 2.78. The summed E-state index contributed by atoms with van der Waals surface area (Å²) in [6, 6.07) is 7.91. The maximum atomic E-state index is 11.5. The van der Waals surface area contributed by atoms with E-state index in [0.717, 1.165) is 20.7 Å². The lowest BCUT2D eigenvalue weighted by Crippen LogP contribution is -2.28. The molecule has 1 atom stereocenters. The summed E-state index contributed by atoms with van der Waals surface area (Å²) in [4.78, 5) is 16.1. The van der Waals surface area contributed by atoms with Gasteiger partial charge < -0.3 is 11.1 Å². The van der Waals surface area contributed by atoms with E-state index in [2.05, 4.69) is 26.2 Å². The van der Waals surface area contributed by atoms with Crippen LogP contribution in [-0.2, 0) is 4.79 Å². The number of nitrogens with zero attached hydrogens (tertiary/aromatic N) is 1. The van der Waals surface area contributed by atoms with E-state index in [1.165, 1.54) is 0 Å². The van der Waals surface area contributed by atoms with Gasteiger partial charge in [-0.15, -0.1) is 23.7 Å². The van der Waals surface area contributed by atoms with Crippen LogP contribution in [0.25, 0.3) is 11.3 Å². The monoisotopic (exact) mass is 389 g/mol. The number of amides is 1. The molecule has 0 bridgehead atoms. The molecule has 1 heterocycles. The van der Waals surface area contributed by atoms with Gasteiger partial charge in [-0.2, -0.15) is 0 Å². The van der Waals surface area contributed by atoms with Crippen molar-refractivity contribution in [3.05, 3.63) is 39.1 Å². The first-order valence-electron chi connectivity index (χ1n) is 6.31. The van der Waals surface area contributed by atoms with Crippen LogP contribution in [0.4, 0.5) is 0 Å². The van der Waals surface area contributed by atoms with Gasteiger partial charge in [-0.25, -0.2) is 4.98 Å². The molecule has 2 aromatic rings. The lowest BCUT2D eigenvalue weighted by atomic mass is 10.2. The first-order valence-corrected chi connectivity index (χ1v) is 7.98. The second-order valence-electron chi connectivity index (χ2n) is 4.41. The summed E-state index contributed by atoms with van der Waals surface area (Å²) in [5.41, 5.74) is 7.35. The Morgan fingerprint density at radius 2 is 2.10 bits per heavy atom. The van der Waals surface area contributed by atoms with E-state index in [4.69, 9.17) is 5.73 Å². The normalized spacial score (nSPS) is 11.6. The number of nitrogens with one attached hydrogen (secondary N) is 1. The second-order valence-corrected chi connectivity index (χ2v) is 6.21. The first kappa shape index (κ1) is 18.1. The highest BCUT2D eigenvalue weighted by Gasteiger charge is 2.13. The van der Waals surface area contributed by atoms with Crippen LogP contribution in [0.2, 0.25) is 0 Å². The Bertz CT molecular complexity index is 588. The van der Waals surface area contributed by atoms with Crippen LogP contribution < -0.4 is 11.1 Å². The smallest absolute Gasteiger partial charge is 0.221 e. The predicted octanol–water partition coefficient (Wildman–Crippen LogP) is 3.52. The van der Waals surface area contributed by atoms with Crippen molar-refractivity contribution in [1.82, 2.24) is 10.3 Å². The molecule has 1 unspecified atom stereocenters. The number of carbonyl (C=O) groups excluding carboxylic acids is 1. The molecule has 2 rings (SSSR count). The van der Waals surface area contributed by atoms with E-state index in [0.29, 0.717) is 13.0 Å². The number of halogens is 2. The van der Waals surface area contributed by atoms with Crippen molar-refractivity contribution >= 4 is 45.6 Å². The highest BCUT2D eigenvalue weighted by molar-refractivity contribution is 9.10. The fourth-order valence-corrected chi connectivity index (χ4v) is 2.85. The molecule has 0 spiro atoms. The van der Waals surface area contributed by atoms with Crippen molar-refractivity contribution in [3.63, 3.8) is 0 Å². The Morgan fingerprint density at radius 1 is 1.43 bits per heavy atom. The van der Waals surface area contributed by atoms with E-state index in [1.807, 2.05) is 36.6 Å². The highest BCUT2D eigenvalue weighted by atomic mass is 79.9. The van der Waals surface area contributed by atoms with Gasteiger partial charge in [-0.05, 0) is 19.1 Å². The number of carbonyl (C=O) groups is 1. The molecular formula is C14H17BrClN3OS. The second kappa shape index (κ2) is 8.48. The molecule has 1 amide bonds. The van der Waals surface area contributed by atoms with Gasteiger partial charge in [0.2, 0.25) is 5.91 Å². The number of aromatic nitrogens is 1. The molecule has 0 saturated heterocycles. The standard InChI is InChI=1S/C14H16BrN3OS.ClH/c1-9(17-13(19)6-7-16)14-18-12(8-20-14)10-2-4-11(15)5-3-10;/h2-5,8-9H,6-7,16H2,1H3,(H,17,19);1H. The zero-order valence-corrected chi connectivity index (χ0v) is 14.7. The lowest BCUT2D eigenvalue weighted by molar-refractivity contribution is -0.121. The molecule has 1 aromatic carbocycles. The number of hydrogen-bond donors (Lipinski definition) is 2. The Labute approximate surface area is 142 Å². The van der Waals surface area contributed by atoms with E-state index in [9.17, 15) is 4.79 Å². The van der Waals surface area contributed by atoms with Gasteiger partial charge in [0, 0.05) is 28.4 Å². The number of hydrogen-bond acceptors (Lipinski definition) is 4. The Hall–Kier alpha value is -0.950. The SMILES string of the molecule is CC(NC(=O)CCN)c1nc(-c2ccc(Br)cc2)cs1.Cl. The van der Waals surface area contributed by atoms with E-state index in [1.54, 1.807) is 11.3 Å². The summed E-state index contributed by atoms with van der Waals surface area (Å²) in [5, 5.41) is 5.79. The zero-order chi connectivity index (χ0) is 14.5. The van der Waals surface area contributed by atoms with Crippen molar-refractivity contribution in [3.8, 4) is 11.3 Å². The minimum atomic E-state index is -0.0942. The van der Waals surface area contributed by atoms with Crippen LogP contribution >= 0.6 is 39.7 Å². The van der Waals surface area contributed by atoms with Crippen LogP contribution in [-0.4, -0.2) is 17.4 Å². The molecule has 3 N–H and O–H groups in total. The zero-order valence-electron chi connectivity index (χ0n) is 11.5. The van der Waals surface area contributed by atoms with Crippen LogP contribution in [0.5, 0.6) is 0 Å². The fourth-order valence-electron chi connectivity index (χ4n) is 1.75. The van der Waals surface area contributed by atoms with E-state index >= 15 is 0 Å². The van der Waals surface area contributed by atoms with Crippen molar-refractivity contribution in [2.75, 3.05) is 6.54 Å². The highest BCUT2D eigenvalue weighted by Crippen LogP contribution is 2.26. The van der Waals surface area contributed by atoms with E-state index < -0.39 is 0 Å². The Kier molecular flexibility index (Phi) is 7.31. The molecule has 0 aliphatic rings. The van der Waals surface area contributed by atoms with Crippen molar-refractivity contribution in [1.29, 1.82) is 0 Å². The summed E-state index contributed by atoms with van der Waals surface area (Å²) < 4.78 is 1.04. The van der Waals surface area contributed by atoms with Gasteiger partial charge in [0.15, 0.2) is 0 Å². The van der Waals surface area contributed by atoms with Crippen LogP contribution in [0.15, 0.2) is 34.1 Å². The molecule has 0 aliphatic heterocycles. The summed E-state index contributed by atoms with van der Waals surface area (Å²) in [6.45, 7) is 2.29. The first-order chi connectivity index (χ1) is 9.60. The van der Waals surface area contributed by atoms with Crippen molar-refractivity contribution in [2.45, 2.75) is 19.4 Å². The molecule has 0 aliphatic carbocycles. The summed E-state index contributed by atoms with van der Waals surface area (Å²) in [5.74, 6) is -0.0413. The topological polar surface area (TPSA) is 68.0 Å². The van der Waals surface area contributed by atoms with Crippen LogP contribution in [0.1, 0.15) is 24.4 Å². The minimum absolute atomic E-state index is 0. The van der Waals surface area contributed by atoms with Crippen molar-refractivity contribution in [2.24, 2.45) is 5.73 Å². The van der Waals surface area contributed by atoms with Crippen molar-refractivity contribution < 1.29 is 4.79 Å². The summed E-state index contributed by atoms with van der Waals surface area (Å²) in [7, 11) is 0. The lowest BCUT2D eigenvalue weighted by Gasteiger charge is -2.10. The Morgan fingerprint density at radius 3 is 2.71 bits per heavy atom. The van der Waals surface area contributed by atoms with Gasteiger partial charge in [-0.3, -0.25) is 4.79 Å². The van der Waals surface area contributed by atoms with Gasteiger partial charge in [0.1, 0.15) is 5.01 Å². The molecule has 21 heavy (non-hydrogen) atoms. The maximum Gasteiger partial charge on any atom is 0.221 e. The minimum Gasteiger partial charge on any atom is -0.347 e. The predicted molar refractivity (Wildman–Crippen MR) is 92.7 cm³/mol. The molecule has 114 valence electrons. The maximum absolute atomic E-state index is 11.5. The molecule has 0 fully saturated rings. The average Bonchev–Trinajstić information content (AvgIpc) is 2.89. The van der Waals surface area contributed by atoms with Gasteiger partial charge in [-0.1, -0.05) is 28.1 Å². The third-order valence-corrected chi connectivity index (χ3v) is 4.34. The number of rotatable bonds is 5. The molecule has 0 saturated carbocycles. The molecule has 0 radical (unpaired) electrons. The molecular weight excluding hydrogens is 374 g/mol. The third kappa shape index (κ3) is 5.07. The molecule has 1 aromatic heterocycles.